The van der Waals surface area contributed by atoms with Crippen LogP contribution in [0.3, 0.4) is 0 Å². The van der Waals surface area contributed by atoms with E-state index in [9.17, 15) is 4.79 Å². The molecule has 0 bridgehead atoms. The van der Waals surface area contributed by atoms with Crippen LogP contribution < -0.4 is 20.1 Å². The van der Waals surface area contributed by atoms with E-state index in [1.807, 2.05) is 56.3 Å². The lowest BCUT2D eigenvalue weighted by Crippen LogP contribution is -2.22. The molecule has 0 saturated carbocycles. The Balaban J connectivity index is 1.86. The highest BCUT2D eigenvalue weighted by Gasteiger charge is 2.07. The van der Waals surface area contributed by atoms with Gasteiger partial charge in [0.15, 0.2) is 0 Å². The molecule has 0 aliphatic heterocycles. The standard InChI is InChI=1S/C20H26N2O4/c1-3-24-12-13-26-19-11-6-5-10-18(19)21-15-20(23)22-16-8-7-9-17(14-16)25-4-2/h5-11,14,21H,3-4,12-13,15H2,1-2H3,(H,22,23). The summed E-state index contributed by atoms with van der Waals surface area (Å²) in [5.41, 5.74) is 1.46. The van der Waals surface area contributed by atoms with E-state index in [1.165, 1.54) is 0 Å². The number of anilines is 2. The quantitative estimate of drug-likeness (QED) is 0.601. The Hall–Kier alpha value is -2.73. The molecule has 0 aliphatic rings. The fraction of sp³-hybridized carbons (Fsp3) is 0.350. The molecule has 2 aromatic carbocycles. The van der Waals surface area contributed by atoms with Crippen molar-refractivity contribution in [2.75, 3.05) is 43.6 Å². The fourth-order valence-electron chi connectivity index (χ4n) is 2.30. The van der Waals surface area contributed by atoms with Crippen LogP contribution in [-0.2, 0) is 9.53 Å². The Morgan fingerprint density at radius 1 is 0.962 bits per heavy atom. The molecule has 0 unspecified atom stereocenters. The van der Waals surface area contributed by atoms with Crippen LogP contribution in [0.4, 0.5) is 11.4 Å². The number of carbonyl (C=O) groups excluding carboxylic acids is 1. The molecule has 0 atom stereocenters. The van der Waals surface area contributed by atoms with E-state index < -0.39 is 0 Å². The van der Waals surface area contributed by atoms with Gasteiger partial charge in [0.05, 0.1) is 25.4 Å². The van der Waals surface area contributed by atoms with Crippen molar-refractivity contribution >= 4 is 17.3 Å². The van der Waals surface area contributed by atoms with Crippen molar-refractivity contribution in [2.45, 2.75) is 13.8 Å². The minimum Gasteiger partial charge on any atom is -0.494 e. The predicted octanol–water partition coefficient (Wildman–Crippen LogP) is 3.55. The Morgan fingerprint density at radius 3 is 2.62 bits per heavy atom. The van der Waals surface area contributed by atoms with E-state index in [1.54, 1.807) is 6.07 Å². The van der Waals surface area contributed by atoms with Gasteiger partial charge in [-0.2, -0.15) is 0 Å². The van der Waals surface area contributed by atoms with E-state index in [2.05, 4.69) is 10.6 Å². The van der Waals surface area contributed by atoms with Gasteiger partial charge in [0, 0.05) is 18.4 Å². The number of hydrogen-bond acceptors (Lipinski definition) is 5. The van der Waals surface area contributed by atoms with E-state index in [-0.39, 0.29) is 12.5 Å². The molecule has 6 heteroatoms. The molecular formula is C20H26N2O4. The Labute approximate surface area is 154 Å². The molecule has 0 fully saturated rings. The van der Waals surface area contributed by atoms with E-state index >= 15 is 0 Å². The molecule has 0 heterocycles. The van der Waals surface area contributed by atoms with Gasteiger partial charge in [0.2, 0.25) is 5.91 Å². The third kappa shape index (κ3) is 6.64. The van der Waals surface area contributed by atoms with Gasteiger partial charge >= 0.3 is 0 Å². The normalized spacial score (nSPS) is 10.2. The lowest BCUT2D eigenvalue weighted by atomic mass is 10.3. The molecule has 2 aromatic rings. The molecule has 0 aliphatic carbocycles. The minimum absolute atomic E-state index is 0.130. The molecule has 0 saturated heterocycles. The third-order valence-corrected chi connectivity index (χ3v) is 3.44. The van der Waals surface area contributed by atoms with Gasteiger partial charge in [0.1, 0.15) is 18.1 Å². The Bertz CT molecular complexity index is 691. The van der Waals surface area contributed by atoms with E-state index in [4.69, 9.17) is 14.2 Å². The van der Waals surface area contributed by atoms with Crippen LogP contribution in [0.2, 0.25) is 0 Å². The summed E-state index contributed by atoms with van der Waals surface area (Å²) in [6.07, 6.45) is 0. The van der Waals surface area contributed by atoms with Gasteiger partial charge in [-0.15, -0.1) is 0 Å². The zero-order valence-electron chi connectivity index (χ0n) is 15.3. The first kappa shape index (κ1) is 19.6. The van der Waals surface area contributed by atoms with Gasteiger partial charge in [-0.05, 0) is 38.1 Å². The Morgan fingerprint density at radius 2 is 1.81 bits per heavy atom. The number of amides is 1. The SMILES string of the molecule is CCOCCOc1ccccc1NCC(=O)Nc1cccc(OCC)c1. The average Bonchev–Trinajstić information content (AvgIpc) is 2.65. The average molecular weight is 358 g/mol. The summed E-state index contributed by atoms with van der Waals surface area (Å²) in [7, 11) is 0. The van der Waals surface area contributed by atoms with Crippen molar-refractivity contribution in [3.8, 4) is 11.5 Å². The van der Waals surface area contributed by atoms with Crippen LogP contribution in [0, 0.1) is 0 Å². The van der Waals surface area contributed by atoms with Gasteiger partial charge in [-0.25, -0.2) is 0 Å². The minimum atomic E-state index is -0.150. The number of rotatable bonds is 11. The maximum atomic E-state index is 12.2. The monoisotopic (exact) mass is 358 g/mol. The van der Waals surface area contributed by atoms with Crippen LogP contribution in [0.25, 0.3) is 0 Å². The first-order valence-corrected chi connectivity index (χ1v) is 8.79. The van der Waals surface area contributed by atoms with Crippen LogP contribution in [0.1, 0.15) is 13.8 Å². The molecule has 140 valence electrons. The van der Waals surface area contributed by atoms with Crippen molar-refractivity contribution in [3.05, 3.63) is 48.5 Å². The van der Waals surface area contributed by atoms with Crippen LogP contribution in [-0.4, -0.2) is 38.9 Å². The van der Waals surface area contributed by atoms with Crippen LogP contribution >= 0.6 is 0 Å². The molecule has 1 amide bonds. The zero-order chi connectivity index (χ0) is 18.6. The molecule has 26 heavy (non-hydrogen) atoms. The predicted molar refractivity (Wildman–Crippen MR) is 103 cm³/mol. The van der Waals surface area contributed by atoms with Crippen molar-refractivity contribution in [1.82, 2.24) is 0 Å². The summed E-state index contributed by atoms with van der Waals surface area (Å²) >= 11 is 0. The number of hydrogen-bond donors (Lipinski definition) is 2. The fourth-order valence-corrected chi connectivity index (χ4v) is 2.30. The lowest BCUT2D eigenvalue weighted by molar-refractivity contribution is -0.114. The number of nitrogens with one attached hydrogen (secondary N) is 2. The van der Waals surface area contributed by atoms with E-state index in [0.29, 0.717) is 37.9 Å². The van der Waals surface area contributed by atoms with Gasteiger partial charge in [-0.1, -0.05) is 18.2 Å². The molecule has 0 spiro atoms. The summed E-state index contributed by atoms with van der Waals surface area (Å²) in [5.74, 6) is 1.27. The maximum absolute atomic E-state index is 12.2. The molecule has 2 N–H and O–H groups in total. The highest BCUT2D eigenvalue weighted by atomic mass is 16.5. The van der Waals surface area contributed by atoms with Crippen molar-refractivity contribution in [2.24, 2.45) is 0 Å². The summed E-state index contributed by atoms with van der Waals surface area (Å²) in [6, 6.07) is 14.8. The second-order valence-corrected chi connectivity index (χ2v) is 5.40. The second kappa shape index (κ2) is 11.0. The maximum Gasteiger partial charge on any atom is 0.243 e. The smallest absolute Gasteiger partial charge is 0.243 e. The molecule has 0 aromatic heterocycles. The highest BCUT2D eigenvalue weighted by Crippen LogP contribution is 2.23. The van der Waals surface area contributed by atoms with Crippen LogP contribution in [0.5, 0.6) is 11.5 Å². The van der Waals surface area contributed by atoms with E-state index in [0.717, 1.165) is 11.4 Å². The summed E-state index contributed by atoms with van der Waals surface area (Å²) in [6.45, 7) is 6.23. The topological polar surface area (TPSA) is 68.8 Å². The highest BCUT2D eigenvalue weighted by molar-refractivity contribution is 5.94. The number of carbonyl (C=O) groups is 1. The van der Waals surface area contributed by atoms with Crippen LogP contribution in [0.15, 0.2) is 48.5 Å². The van der Waals surface area contributed by atoms with Crippen molar-refractivity contribution in [3.63, 3.8) is 0 Å². The lowest BCUT2D eigenvalue weighted by Gasteiger charge is -2.13. The molecule has 0 radical (unpaired) electrons. The molecule has 2 rings (SSSR count). The van der Waals surface area contributed by atoms with Gasteiger partial charge < -0.3 is 24.8 Å². The molecular weight excluding hydrogens is 332 g/mol. The number of ether oxygens (including phenoxy) is 3. The zero-order valence-corrected chi connectivity index (χ0v) is 15.3. The largest absolute Gasteiger partial charge is 0.494 e. The third-order valence-electron chi connectivity index (χ3n) is 3.44. The second-order valence-electron chi connectivity index (χ2n) is 5.40. The summed E-state index contributed by atoms with van der Waals surface area (Å²) in [5, 5.41) is 5.95. The molecule has 6 nitrogen and oxygen atoms in total. The number of benzene rings is 2. The van der Waals surface area contributed by atoms with Crippen molar-refractivity contribution < 1.29 is 19.0 Å². The Kier molecular flexibility index (Phi) is 8.29. The number of para-hydroxylation sites is 2. The van der Waals surface area contributed by atoms with Gasteiger partial charge in [0.25, 0.3) is 0 Å². The summed E-state index contributed by atoms with van der Waals surface area (Å²) < 4.78 is 16.4. The van der Waals surface area contributed by atoms with Crippen molar-refractivity contribution in [1.29, 1.82) is 0 Å². The first-order chi connectivity index (χ1) is 12.7. The summed E-state index contributed by atoms with van der Waals surface area (Å²) in [4.78, 5) is 12.2. The first-order valence-electron chi connectivity index (χ1n) is 8.79. The van der Waals surface area contributed by atoms with Gasteiger partial charge in [-0.3, -0.25) is 4.79 Å².